The summed E-state index contributed by atoms with van der Waals surface area (Å²) in [6.45, 7) is 4.05. The van der Waals surface area contributed by atoms with Gasteiger partial charge in [-0.3, -0.25) is 5.10 Å². The van der Waals surface area contributed by atoms with E-state index >= 15 is 0 Å². The van der Waals surface area contributed by atoms with Crippen LogP contribution in [0.25, 0.3) is 21.1 Å². The van der Waals surface area contributed by atoms with E-state index in [9.17, 15) is 4.79 Å². The first-order valence-electron chi connectivity index (χ1n) is 6.94. The number of esters is 1. The average Bonchev–Trinajstić information content (AvgIpc) is 3.15. The SMILES string of the molecule is CCOC(=O)c1cc(-c2sc(-c3ccccc3)nc2C)[nH]n1. The Labute approximate surface area is 132 Å². The Morgan fingerprint density at radius 2 is 2.09 bits per heavy atom. The van der Waals surface area contributed by atoms with Gasteiger partial charge >= 0.3 is 5.97 Å². The first-order chi connectivity index (χ1) is 10.7. The van der Waals surface area contributed by atoms with Gasteiger partial charge in [0.1, 0.15) is 5.01 Å². The Bertz CT molecular complexity index is 793. The van der Waals surface area contributed by atoms with Crippen molar-refractivity contribution < 1.29 is 9.53 Å². The van der Waals surface area contributed by atoms with Crippen molar-refractivity contribution in [2.75, 3.05) is 6.61 Å². The summed E-state index contributed by atoms with van der Waals surface area (Å²) in [7, 11) is 0. The second-order valence-electron chi connectivity index (χ2n) is 4.69. The van der Waals surface area contributed by atoms with Gasteiger partial charge in [-0.25, -0.2) is 9.78 Å². The summed E-state index contributed by atoms with van der Waals surface area (Å²) in [5.41, 5.74) is 3.04. The Morgan fingerprint density at radius 3 is 2.82 bits per heavy atom. The van der Waals surface area contributed by atoms with Gasteiger partial charge in [0, 0.05) is 5.56 Å². The molecule has 2 aromatic heterocycles. The van der Waals surface area contributed by atoms with Gasteiger partial charge in [0.05, 0.1) is 22.9 Å². The molecule has 0 radical (unpaired) electrons. The van der Waals surface area contributed by atoms with Gasteiger partial charge in [-0.1, -0.05) is 30.3 Å². The van der Waals surface area contributed by atoms with Crippen molar-refractivity contribution in [3.63, 3.8) is 0 Å². The number of carbonyl (C=O) groups excluding carboxylic acids is 1. The van der Waals surface area contributed by atoms with Crippen molar-refractivity contribution in [3.05, 3.63) is 47.8 Å². The highest BCUT2D eigenvalue weighted by molar-refractivity contribution is 7.18. The van der Waals surface area contributed by atoms with E-state index in [1.54, 1.807) is 24.3 Å². The number of H-pyrrole nitrogens is 1. The third kappa shape index (κ3) is 2.78. The number of rotatable bonds is 4. The van der Waals surface area contributed by atoms with E-state index in [0.717, 1.165) is 26.8 Å². The van der Waals surface area contributed by atoms with Crippen molar-refractivity contribution in [3.8, 4) is 21.1 Å². The second kappa shape index (κ2) is 6.11. The molecule has 0 bridgehead atoms. The number of hydrogen-bond donors (Lipinski definition) is 1. The molecule has 0 spiro atoms. The predicted molar refractivity (Wildman–Crippen MR) is 85.8 cm³/mol. The van der Waals surface area contributed by atoms with Crippen molar-refractivity contribution in [2.24, 2.45) is 0 Å². The van der Waals surface area contributed by atoms with Crippen LogP contribution in [0.5, 0.6) is 0 Å². The van der Waals surface area contributed by atoms with Gasteiger partial charge in [0.25, 0.3) is 0 Å². The molecule has 1 aromatic carbocycles. The fourth-order valence-corrected chi connectivity index (χ4v) is 3.14. The highest BCUT2D eigenvalue weighted by Crippen LogP contribution is 2.34. The molecule has 0 fully saturated rings. The van der Waals surface area contributed by atoms with E-state index in [-0.39, 0.29) is 5.69 Å². The van der Waals surface area contributed by atoms with Crippen LogP contribution in [-0.4, -0.2) is 27.8 Å². The molecule has 0 aliphatic carbocycles. The molecule has 3 aromatic rings. The van der Waals surface area contributed by atoms with Crippen LogP contribution >= 0.6 is 11.3 Å². The number of aryl methyl sites for hydroxylation is 1. The number of hydrogen-bond acceptors (Lipinski definition) is 5. The summed E-state index contributed by atoms with van der Waals surface area (Å²) in [5.74, 6) is -0.421. The van der Waals surface area contributed by atoms with E-state index in [4.69, 9.17) is 4.74 Å². The summed E-state index contributed by atoms with van der Waals surface area (Å²) < 4.78 is 4.95. The molecule has 0 atom stereocenters. The maximum absolute atomic E-state index is 11.7. The molecule has 5 nitrogen and oxygen atoms in total. The third-order valence-electron chi connectivity index (χ3n) is 3.12. The minimum atomic E-state index is -0.421. The third-order valence-corrected chi connectivity index (χ3v) is 4.36. The monoisotopic (exact) mass is 313 g/mol. The number of aromatic amines is 1. The minimum absolute atomic E-state index is 0.283. The average molecular weight is 313 g/mol. The van der Waals surface area contributed by atoms with E-state index in [0.29, 0.717) is 6.61 Å². The zero-order chi connectivity index (χ0) is 15.5. The Balaban J connectivity index is 1.93. The van der Waals surface area contributed by atoms with Gasteiger partial charge in [0.15, 0.2) is 5.69 Å². The number of ether oxygens (including phenoxy) is 1. The van der Waals surface area contributed by atoms with Gasteiger partial charge < -0.3 is 4.74 Å². The van der Waals surface area contributed by atoms with E-state index in [2.05, 4.69) is 15.2 Å². The predicted octanol–water partition coefficient (Wildman–Crippen LogP) is 3.69. The van der Waals surface area contributed by atoms with Crippen molar-refractivity contribution in [1.82, 2.24) is 15.2 Å². The molecular formula is C16H15N3O2S. The molecule has 1 N–H and O–H groups in total. The summed E-state index contributed by atoms with van der Waals surface area (Å²) >= 11 is 1.57. The molecule has 3 rings (SSSR count). The van der Waals surface area contributed by atoms with Gasteiger partial charge in [-0.15, -0.1) is 11.3 Å². The Morgan fingerprint density at radius 1 is 1.32 bits per heavy atom. The number of carbonyl (C=O) groups is 1. The van der Waals surface area contributed by atoms with Crippen LogP contribution in [0.4, 0.5) is 0 Å². The zero-order valence-corrected chi connectivity index (χ0v) is 13.1. The molecule has 0 aliphatic rings. The molecule has 6 heteroatoms. The number of benzene rings is 1. The normalized spacial score (nSPS) is 10.6. The molecule has 0 aliphatic heterocycles. The van der Waals surface area contributed by atoms with Crippen LogP contribution in [-0.2, 0) is 4.74 Å². The zero-order valence-electron chi connectivity index (χ0n) is 12.3. The van der Waals surface area contributed by atoms with Crippen LogP contribution in [0.1, 0.15) is 23.1 Å². The molecule has 0 amide bonds. The molecule has 22 heavy (non-hydrogen) atoms. The minimum Gasteiger partial charge on any atom is -0.461 e. The maximum Gasteiger partial charge on any atom is 0.358 e. The lowest BCUT2D eigenvalue weighted by atomic mass is 10.2. The highest BCUT2D eigenvalue weighted by atomic mass is 32.1. The summed E-state index contributed by atoms with van der Waals surface area (Å²) in [5, 5.41) is 7.84. The number of aromatic nitrogens is 3. The van der Waals surface area contributed by atoms with Crippen molar-refractivity contribution in [2.45, 2.75) is 13.8 Å². The quantitative estimate of drug-likeness (QED) is 0.746. The summed E-state index contributed by atoms with van der Waals surface area (Å²) in [6, 6.07) is 11.7. The smallest absolute Gasteiger partial charge is 0.358 e. The second-order valence-corrected chi connectivity index (χ2v) is 5.69. The standard InChI is InChI=1S/C16H15N3O2S/c1-3-21-16(20)13-9-12(18-19-13)14-10(2)17-15(22-14)11-7-5-4-6-8-11/h4-9H,3H2,1-2H3,(H,18,19). The Kier molecular flexibility index (Phi) is 4.02. The van der Waals surface area contributed by atoms with Crippen molar-refractivity contribution in [1.29, 1.82) is 0 Å². The van der Waals surface area contributed by atoms with E-state index in [1.165, 1.54) is 0 Å². The fourth-order valence-electron chi connectivity index (χ4n) is 2.10. The molecule has 2 heterocycles. The van der Waals surface area contributed by atoms with Gasteiger partial charge in [-0.05, 0) is 19.9 Å². The van der Waals surface area contributed by atoms with Crippen LogP contribution in [0.3, 0.4) is 0 Å². The summed E-state index contributed by atoms with van der Waals surface area (Å²) in [6.07, 6.45) is 0. The lowest BCUT2D eigenvalue weighted by molar-refractivity contribution is 0.0519. The first kappa shape index (κ1) is 14.5. The highest BCUT2D eigenvalue weighted by Gasteiger charge is 2.16. The fraction of sp³-hybridized carbons (Fsp3) is 0.188. The van der Waals surface area contributed by atoms with Gasteiger partial charge in [-0.2, -0.15) is 5.10 Å². The Hall–Kier alpha value is -2.47. The lowest BCUT2D eigenvalue weighted by Crippen LogP contribution is -2.04. The molecule has 112 valence electrons. The van der Waals surface area contributed by atoms with Crippen LogP contribution in [0, 0.1) is 6.92 Å². The largest absolute Gasteiger partial charge is 0.461 e. The van der Waals surface area contributed by atoms with E-state index < -0.39 is 5.97 Å². The molecule has 0 saturated carbocycles. The number of nitrogens with one attached hydrogen (secondary N) is 1. The molecule has 0 unspecified atom stereocenters. The lowest BCUT2D eigenvalue weighted by Gasteiger charge is -1.95. The molecule has 0 saturated heterocycles. The molecular weight excluding hydrogens is 298 g/mol. The maximum atomic E-state index is 11.7. The number of nitrogens with zero attached hydrogens (tertiary/aromatic N) is 2. The van der Waals surface area contributed by atoms with E-state index in [1.807, 2.05) is 37.3 Å². The summed E-state index contributed by atoms with van der Waals surface area (Å²) in [4.78, 5) is 17.3. The van der Waals surface area contributed by atoms with Crippen molar-refractivity contribution >= 4 is 17.3 Å². The van der Waals surface area contributed by atoms with Crippen LogP contribution < -0.4 is 0 Å². The van der Waals surface area contributed by atoms with Gasteiger partial charge in [0.2, 0.25) is 0 Å². The topological polar surface area (TPSA) is 67.9 Å². The van der Waals surface area contributed by atoms with Crippen LogP contribution in [0.15, 0.2) is 36.4 Å². The number of thiazole rings is 1. The first-order valence-corrected chi connectivity index (χ1v) is 7.76. The van der Waals surface area contributed by atoms with Crippen LogP contribution in [0.2, 0.25) is 0 Å².